The van der Waals surface area contributed by atoms with Crippen LogP contribution in [0.1, 0.15) is 5.56 Å². The maximum absolute atomic E-state index is 9.42. The van der Waals surface area contributed by atoms with Gasteiger partial charge in [-0.3, -0.25) is 0 Å². The van der Waals surface area contributed by atoms with Crippen LogP contribution in [0.4, 0.5) is 0 Å². The highest BCUT2D eigenvalue weighted by Gasteiger charge is 2.07. The van der Waals surface area contributed by atoms with Crippen LogP contribution in [0.25, 0.3) is 11.1 Å². The second-order valence-corrected chi connectivity index (χ2v) is 4.31. The molecular formula is C13H7Cl2NO. The number of nitrogens with zero attached hydrogens (tertiary/aromatic N) is 1. The van der Waals surface area contributed by atoms with Crippen molar-refractivity contribution in [3.05, 3.63) is 52.0 Å². The summed E-state index contributed by atoms with van der Waals surface area (Å²) < 4.78 is 0. The third-order valence-electron chi connectivity index (χ3n) is 2.36. The number of phenols is 1. The van der Waals surface area contributed by atoms with Gasteiger partial charge in [-0.1, -0.05) is 35.3 Å². The summed E-state index contributed by atoms with van der Waals surface area (Å²) in [5.74, 6) is -0.0404. The molecule has 0 saturated carbocycles. The minimum atomic E-state index is -0.0404. The van der Waals surface area contributed by atoms with E-state index >= 15 is 0 Å². The Morgan fingerprint density at radius 3 is 2.47 bits per heavy atom. The lowest BCUT2D eigenvalue weighted by molar-refractivity contribution is 0.473. The number of benzene rings is 2. The molecule has 17 heavy (non-hydrogen) atoms. The van der Waals surface area contributed by atoms with Crippen molar-refractivity contribution in [3.8, 4) is 22.9 Å². The first-order valence-corrected chi connectivity index (χ1v) is 5.56. The summed E-state index contributed by atoms with van der Waals surface area (Å²) in [5.41, 5.74) is 1.75. The van der Waals surface area contributed by atoms with E-state index in [4.69, 9.17) is 28.5 Å². The van der Waals surface area contributed by atoms with E-state index in [0.717, 1.165) is 11.1 Å². The van der Waals surface area contributed by atoms with E-state index in [-0.39, 0.29) is 11.3 Å². The van der Waals surface area contributed by atoms with Crippen LogP contribution in [0.3, 0.4) is 0 Å². The molecule has 0 aliphatic rings. The number of halogens is 2. The highest BCUT2D eigenvalue weighted by atomic mass is 35.5. The van der Waals surface area contributed by atoms with Crippen LogP contribution in [0.2, 0.25) is 10.0 Å². The molecule has 0 bridgehead atoms. The smallest absolute Gasteiger partial charge is 0.133 e. The Bertz CT molecular complexity index is 617. The fourth-order valence-electron chi connectivity index (χ4n) is 1.52. The third-order valence-corrected chi connectivity index (χ3v) is 2.91. The van der Waals surface area contributed by atoms with Crippen molar-refractivity contribution < 1.29 is 5.11 Å². The van der Waals surface area contributed by atoms with Crippen LogP contribution in [-0.4, -0.2) is 5.11 Å². The highest BCUT2D eigenvalue weighted by Crippen LogP contribution is 2.32. The van der Waals surface area contributed by atoms with Crippen LogP contribution >= 0.6 is 23.2 Å². The molecule has 2 aromatic rings. The molecule has 0 unspecified atom stereocenters. The first-order chi connectivity index (χ1) is 8.11. The van der Waals surface area contributed by atoms with E-state index < -0.39 is 0 Å². The van der Waals surface area contributed by atoms with Crippen LogP contribution in [0.5, 0.6) is 5.75 Å². The SMILES string of the molecule is N#Cc1cc(-c2ccc(Cl)cc2Cl)ccc1O. The lowest BCUT2D eigenvalue weighted by Gasteiger charge is -2.06. The van der Waals surface area contributed by atoms with Gasteiger partial charge in [-0.2, -0.15) is 5.26 Å². The van der Waals surface area contributed by atoms with Gasteiger partial charge in [0.15, 0.2) is 0 Å². The molecule has 0 amide bonds. The van der Waals surface area contributed by atoms with Crippen LogP contribution < -0.4 is 0 Å². The zero-order chi connectivity index (χ0) is 12.4. The summed E-state index contributed by atoms with van der Waals surface area (Å²) in [6.07, 6.45) is 0. The van der Waals surface area contributed by atoms with Crippen LogP contribution in [-0.2, 0) is 0 Å². The lowest BCUT2D eigenvalue weighted by Crippen LogP contribution is -1.83. The Morgan fingerprint density at radius 1 is 1.06 bits per heavy atom. The van der Waals surface area contributed by atoms with E-state index in [2.05, 4.69) is 0 Å². The molecule has 0 fully saturated rings. The van der Waals surface area contributed by atoms with Crippen molar-refractivity contribution in [2.45, 2.75) is 0 Å². The van der Waals surface area contributed by atoms with Gasteiger partial charge in [0.05, 0.1) is 5.56 Å². The number of nitriles is 1. The van der Waals surface area contributed by atoms with E-state index in [0.29, 0.717) is 10.0 Å². The van der Waals surface area contributed by atoms with Gasteiger partial charge in [0.1, 0.15) is 11.8 Å². The zero-order valence-electron chi connectivity index (χ0n) is 8.61. The molecule has 2 rings (SSSR count). The summed E-state index contributed by atoms with van der Waals surface area (Å²) in [6.45, 7) is 0. The predicted molar refractivity (Wildman–Crippen MR) is 68.3 cm³/mol. The number of hydrogen-bond donors (Lipinski definition) is 1. The molecule has 0 spiro atoms. The lowest BCUT2D eigenvalue weighted by atomic mass is 10.0. The molecule has 0 radical (unpaired) electrons. The summed E-state index contributed by atoms with van der Waals surface area (Å²) in [4.78, 5) is 0. The normalized spacial score (nSPS) is 9.94. The van der Waals surface area contributed by atoms with Gasteiger partial charge >= 0.3 is 0 Å². The Hall–Kier alpha value is -1.69. The van der Waals surface area contributed by atoms with Crippen LogP contribution in [0, 0.1) is 11.3 Å². The van der Waals surface area contributed by atoms with Gasteiger partial charge in [0.25, 0.3) is 0 Å². The number of rotatable bonds is 1. The molecule has 84 valence electrons. The number of phenolic OH excluding ortho intramolecular Hbond substituents is 1. The average Bonchev–Trinajstić information content (AvgIpc) is 2.30. The molecule has 2 nitrogen and oxygen atoms in total. The average molecular weight is 264 g/mol. The molecule has 4 heteroatoms. The summed E-state index contributed by atoms with van der Waals surface area (Å²) in [7, 11) is 0. The standard InChI is InChI=1S/C13H7Cl2NO/c14-10-2-3-11(12(15)6-10)8-1-4-13(17)9(5-8)7-16/h1-6,17H. The minimum absolute atomic E-state index is 0.0404. The zero-order valence-corrected chi connectivity index (χ0v) is 10.1. The first kappa shape index (κ1) is 11.8. The Morgan fingerprint density at radius 2 is 1.82 bits per heavy atom. The summed E-state index contributed by atoms with van der Waals surface area (Å²) in [6, 6.07) is 11.8. The topological polar surface area (TPSA) is 44.0 Å². The third kappa shape index (κ3) is 2.36. The van der Waals surface area contributed by atoms with Crippen molar-refractivity contribution in [3.63, 3.8) is 0 Å². The fourth-order valence-corrected chi connectivity index (χ4v) is 2.03. The van der Waals surface area contributed by atoms with Crippen molar-refractivity contribution >= 4 is 23.2 Å². The van der Waals surface area contributed by atoms with Gasteiger partial charge in [-0.15, -0.1) is 0 Å². The number of hydrogen-bond acceptors (Lipinski definition) is 2. The molecule has 2 aromatic carbocycles. The fraction of sp³-hybridized carbons (Fsp3) is 0. The van der Waals surface area contributed by atoms with Gasteiger partial charge in [-0.25, -0.2) is 0 Å². The summed E-state index contributed by atoms with van der Waals surface area (Å²) in [5, 5.41) is 19.3. The Balaban J connectivity index is 2.58. The Kier molecular flexibility index (Phi) is 3.23. The molecule has 0 heterocycles. The molecule has 0 aromatic heterocycles. The van der Waals surface area contributed by atoms with E-state index in [1.807, 2.05) is 6.07 Å². The van der Waals surface area contributed by atoms with E-state index in [1.54, 1.807) is 30.3 Å². The van der Waals surface area contributed by atoms with Gasteiger partial charge < -0.3 is 5.11 Å². The molecule has 1 N–H and O–H groups in total. The van der Waals surface area contributed by atoms with Crippen molar-refractivity contribution in [1.82, 2.24) is 0 Å². The van der Waals surface area contributed by atoms with Gasteiger partial charge in [0.2, 0.25) is 0 Å². The first-order valence-electron chi connectivity index (χ1n) is 4.80. The van der Waals surface area contributed by atoms with Crippen molar-refractivity contribution in [1.29, 1.82) is 5.26 Å². The highest BCUT2D eigenvalue weighted by molar-refractivity contribution is 6.36. The molecule has 0 atom stereocenters. The van der Waals surface area contributed by atoms with Crippen molar-refractivity contribution in [2.24, 2.45) is 0 Å². The second kappa shape index (κ2) is 4.67. The van der Waals surface area contributed by atoms with Gasteiger partial charge in [-0.05, 0) is 29.8 Å². The monoisotopic (exact) mass is 263 g/mol. The van der Waals surface area contributed by atoms with Crippen LogP contribution in [0.15, 0.2) is 36.4 Å². The summed E-state index contributed by atoms with van der Waals surface area (Å²) >= 11 is 11.9. The van der Waals surface area contributed by atoms with Gasteiger partial charge in [0, 0.05) is 15.6 Å². The maximum Gasteiger partial charge on any atom is 0.133 e. The maximum atomic E-state index is 9.42. The van der Waals surface area contributed by atoms with Crippen molar-refractivity contribution in [2.75, 3.05) is 0 Å². The predicted octanol–water partition coefficient (Wildman–Crippen LogP) is 4.24. The molecule has 0 saturated heterocycles. The second-order valence-electron chi connectivity index (χ2n) is 3.47. The molecular weight excluding hydrogens is 257 g/mol. The largest absolute Gasteiger partial charge is 0.507 e. The number of aromatic hydroxyl groups is 1. The molecule has 0 aliphatic carbocycles. The molecule has 0 aliphatic heterocycles. The minimum Gasteiger partial charge on any atom is -0.507 e. The quantitative estimate of drug-likeness (QED) is 0.837. The van der Waals surface area contributed by atoms with E-state index in [9.17, 15) is 5.11 Å². The Labute approximate surface area is 109 Å². The van der Waals surface area contributed by atoms with E-state index in [1.165, 1.54) is 6.07 Å².